The lowest BCUT2D eigenvalue weighted by Gasteiger charge is -1.96. The van der Waals surface area contributed by atoms with Crippen molar-refractivity contribution in [3.8, 4) is 0 Å². The highest BCUT2D eigenvalue weighted by Gasteiger charge is 1.86. The van der Waals surface area contributed by atoms with Crippen LogP contribution in [0.15, 0.2) is 30.8 Å². The fourth-order valence-corrected chi connectivity index (χ4v) is 0.761. The summed E-state index contributed by atoms with van der Waals surface area (Å²) < 4.78 is 0. The summed E-state index contributed by atoms with van der Waals surface area (Å²) in [5.74, 6) is 0. The van der Waals surface area contributed by atoms with E-state index in [1.165, 1.54) is 0 Å². The van der Waals surface area contributed by atoms with Crippen molar-refractivity contribution in [3.63, 3.8) is 0 Å². The summed E-state index contributed by atoms with van der Waals surface area (Å²) in [6.45, 7) is 3.41. The highest BCUT2D eigenvalue weighted by atomic mass is 35.5. The van der Waals surface area contributed by atoms with Crippen molar-refractivity contribution in [2.45, 2.75) is 0 Å². The Hall–Kier alpha value is -0.950. The van der Waals surface area contributed by atoms with Gasteiger partial charge < -0.3 is 5.32 Å². The number of nitrogens with one attached hydrogen (secondary N) is 1. The second-order valence-electron chi connectivity index (χ2n) is 1.81. The van der Waals surface area contributed by atoms with Crippen LogP contribution in [0.2, 0.25) is 5.02 Å². The van der Waals surface area contributed by atoms with E-state index in [4.69, 9.17) is 11.6 Å². The molecule has 0 atom stereocenters. The fourth-order valence-electron chi connectivity index (χ4n) is 0.635. The van der Waals surface area contributed by atoms with Crippen LogP contribution in [0.25, 0.3) is 0 Å². The molecule has 2 heteroatoms. The molecule has 0 aliphatic carbocycles. The molecule has 0 saturated carbocycles. The Bertz CT molecular complexity index is 215. The highest BCUT2D eigenvalue weighted by Crippen LogP contribution is 2.12. The van der Waals surface area contributed by atoms with Gasteiger partial charge in [0.25, 0.3) is 0 Å². The smallest absolute Gasteiger partial charge is 0.0544 e. The molecule has 0 amide bonds. The normalized spacial score (nSPS) is 8.90. The predicted octanol–water partition coefficient (Wildman–Crippen LogP) is 2.70. The van der Waals surface area contributed by atoms with Crippen molar-refractivity contribution in [1.29, 1.82) is 0 Å². The van der Waals surface area contributed by atoms with Gasteiger partial charge in [0.2, 0.25) is 0 Å². The molecule has 1 rings (SSSR count). The van der Waals surface area contributed by atoms with Crippen LogP contribution in [0.5, 0.6) is 0 Å². The van der Waals surface area contributed by atoms with E-state index in [9.17, 15) is 0 Å². The van der Waals surface area contributed by atoms with Gasteiger partial charge in [-0.2, -0.15) is 0 Å². The quantitative estimate of drug-likeness (QED) is 0.643. The number of benzene rings is 1. The molecule has 0 unspecified atom stereocenters. The summed E-state index contributed by atoms with van der Waals surface area (Å²) in [6.07, 6.45) is 2.56. The molecule has 1 nitrogen and oxygen atoms in total. The van der Waals surface area contributed by atoms with Crippen LogP contribution >= 0.6 is 11.6 Å². The summed E-state index contributed by atoms with van der Waals surface area (Å²) in [4.78, 5) is 0. The van der Waals surface area contributed by atoms with E-state index < -0.39 is 0 Å². The van der Waals surface area contributed by atoms with Crippen molar-refractivity contribution in [3.05, 3.63) is 42.1 Å². The Kier molecular flexibility index (Phi) is 2.35. The monoisotopic (exact) mass is 152 g/mol. The molecule has 0 spiro atoms. The Balaban J connectivity index is 2.78. The van der Waals surface area contributed by atoms with Crippen LogP contribution in [-0.2, 0) is 0 Å². The maximum atomic E-state index is 5.65. The van der Waals surface area contributed by atoms with E-state index in [-0.39, 0.29) is 0 Å². The summed E-state index contributed by atoms with van der Waals surface area (Å²) >= 11 is 5.65. The van der Waals surface area contributed by atoms with Crippen LogP contribution in [0, 0.1) is 6.20 Å². The van der Waals surface area contributed by atoms with Crippen molar-refractivity contribution in [2.75, 3.05) is 5.32 Å². The number of hydrogen-bond acceptors (Lipinski definition) is 1. The topological polar surface area (TPSA) is 12.0 Å². The van der Waals surface area contributed by atoms with E-state index in [1.54, 1.807) is 12.1 Å². The summed E-state index contributed by atoms with van der Waals surface area (Å²) in [5.41, 5.74) is 0.944. The lowest BCUT2D eigenvalue weighted by molar-refractivity contribution is 1.56. The van der Waals surface area contributed by atoms with E-state index in [1.807, 2.05) is 12.1 Å². The first-order valence-electron chi connectivity index (χ1n) is 2.86. The molecule has 0 aliphatic heterocycles. The van der Waals surface area contributed by atoms with Crippen molar-refractivity contribution < 1.29 is 0 Å². The Labute approximate surface area is 65.3 Å². The average molecular weight is 153 g/mol. The summed E-state index contributed by atoms with van der Waals surface area (Å²) in [5, 5.41) is 3.55. The summed E-state index contributed by atoms with van der Waals surface area (Å²) in [7, 11) is 0. The van der Waals surface area contributed by atoms with Gasteiger partial charge >= 0.3 is 0 Å². The molecule has 1 aromatic carbocycles. The molecular formula is C8H7ClN. The lowest BCUT2D eigenvalue weighted by Crippen LogP contribution is -1.84. The molecule has 10 heavy (non-hydrogen) atoms. The molecule has 0 saturated heterocycles. The fraction of sp³-hybridized carbons (Fsp3) is 0. The minimum atomic E-state index is 0.731. The third-order valence-corrected chi connectivity index (χ3v) is 1.33. The Morgan fingerprint density at radius 2 is 1.90 bits per heavy atom. The maximum Gasteiger partial charge on any atom is 0.0544 e. The second-order valence-corrected chi connectivity index (χ2v) is 2.25. The maximum absolute atomic E-state index is 5.65. The molecule has 51 valence electrons. The zero-order valence-corrected chi connectivity index (χ0v) is 6.15. The number of hydrogen-bond donors (Lipinski definition) is 1. The number of rotatable bonds is 2. The van der Waals surface area contributed by atoms with Gasteiger partial charge in [-0.05, 0) is 24.3 Å². The standard InChI is InChI=1S/C8H7ClN/c1-2-10-8-5-3-7(9)4-6-8/h3-6,10H,1H2. The first kappa shape index (κ1) is 7.16. The molecule has 1 N–H and O–H groups in total. The van der Waals surface area contributed by atoms with Crippen LogP contribution in [-0.4, -0.2) is 0 Å². The Morgan fingerprint density at radius 3 is 2.40 bits per heavy atom. The van der Waals surface area contributed by atoms with E-state index >= 15 is 0 Å². The van der Waals surface area contributed by atoms with Gasteiger partial charge in [-0.25, -0.2) is 0 Å². The van der Waals surface area contributed by atoms with Gasteiger partial charge in [-0.1, -0.05) is 18.2 Å². The number of anilines is 1. The van der Waals surface area contributed by atoms with Crippen LogP contribution in [0.4, 0.5) is 5.69 Å². The molecule has 0 fully saturated rings. The second kappa shape index (κ2) is 3.28. The lowest BCUT2D eigenvalue weighted by atomic mass is 10.3. The van der Waals surface area contributed by atoms with Crippen LogP contribution < -0.4 is 5.32 Å². The van der Waals surface area contributed by atoms with Gasteiger partial charge in [0.05, 0.1) is 6.20 Å². The zero-order valence-electron chi connectivity index (χ0n) is 5.39. The minimum Gasteiger partial charge on any atom is -0.354 e. The molecule has 1 aromatic rings. The first-order chi connectivity index (χ1) is 4.83. The molecule has 0 bridgehead atoms. The average Bonchev–Trinajstić information content (AvgIpc) is 1.95. The van der Waals surface area contributed by atoms with E-state index in [0.29, 0.717) is 0 Å². The van der Waals surface area contributed by atoms with Crippen LogP contribution in [0.3, 0.4) is 0 Å². The van der Waals surface area contributed by atoms with Gasteiger partial charge in [0.1, 0.15) is 0 Å². The molecule has 1 radical (unpaired) electrons. The highest BCUT2D eigenvalue weighted by molar-refractivity contribution is 6.30. The number of halogens is 1. The van der Waals surface area contributed by atoms with Gasteiger partial charge in [-0.15, -0.1) is 0 Å². The van der Waals surface area contributed by atoms with Crippen molar-refractivity contribution in [1.82, 2.24) is 0 Å². The van der Waals surface area contributed by atoms with E-state index in [0.717, 1.165) is 10.7 Å². The third kappa shape index (κ3) is 1.78. The molecule has 0 aromatic heterocycles. The Morgan fingerprint density at radius 1 is 1.30 bits per heavy atom. The minimum absolute atomic E-state index is 0.731. The van der Waals surface area contributed by atoms with Gasteiger partial charge in [0.15, 0.2) is 0 Å². The predicted molar refractivity (Wildman–Crippen MR) is 43.9 cm³/mol. The summed E-state index contributed by atoms with van der Waals surface area (Å²) in [6, 6.07) is 7.34. The molecule has 0 aliphatic rings. The largest absolute Gasteiger partial charge is 0.354 e. The third-order valence-electron chi connectivity index (χ3n) is 1.08. The first-order valence-corrected chi connectivity index (χ1v) is 3.24. The van der Waals surface area contributed by atoms with Crippen molar-refractivity contribution >= 4 is 17.3 Å². The van der Waals surface area contributed by atoms with Gasteiger partial charge in [0, 0.05) is 10.7 Å². The van der Waals surface area contributed by atoms with Gasteiger partial charge in [-0.3, -0.25) is 0 Å². The molecular weight excluding hydrogens is 146 g/mol. The van der Waals surface area contributed by atoms with Crippen molar-refractivity contribution in [2.24, 2.45) is 0 Å². The van der Waals surface area contributed by atoms with Crippen LogP contribution in [0.1, 0.15) is 0 Å². The van der Waals surface area contributed by atoms with E-state index in [2.05, 4.69) is 18.1 Å². The molecule has 0 heterocycles. The zero-order chi connectivity index (χ0) is 7.40. The SMILES string of the molecule is C=[C]Nc1ccc(Cl)cc1.